The average Bonchev–Trinajstić information content (AvgIpc) is 3.52. The van der Waals surface area contributed by atoms with Crippen LogP contribution in [0.2, 0.25) is 0 Å². The Bertz CT molecular complexity index is 1190. The van der Waals surface area contributed by atoms with Crippen LogP contribution in [-0.4, -0.2) is 53.3 Å². The first-order valence-corrected chi connectivity index (χ1v) is 9.75. The highest BCUT2D eigenvalue weighted by atomic mass is 16.5. The molecule has 2 aliphatic rings. The molecule has 1 aromatic heterocycles. The molecular weight excluding hydrogens is 416 g/mol. The molecule has 0 N–H and O–H groups in total. The molecule has 3 heterocycles. The second-order valence-electron chi connectivity index (χ2n) is 7.15. The summed E-state index contributed by atoms with van der Waals surface area (Å²) < 4.78 is 15.8. The van der Waals surface area contributed by atoms with Crippen LogP contribution in [0.4, 0.5) is 5.69 Å². The van der Waals surface area contributed by atoms with E-state index in [9.17, 15) is 9.59 Å². The van der Waals surface area contributed by atoms with Crippen molar-refractivity contribution in [1.29, 1.82) is 0 Å². The summed E-state index contributed by atoms with van der Waals surface area (Å²) in [5.41, 5.74) is 1.14. The molecule has 2 aromatic carbocycles. The minimum Gasteiger partial charge on any atom is -0.497 e. The molecule has 32 heavy (non-hydrogen) atoms. The van der Waals surface area contributed by atoms with Crippen molar-refractivity contribution in [3.05, 3.63) is 54.4 Å². The monoisotopic (exact) mass is 434 g/mol. The minimum atomic E-state index is -0.948. The van der Waals surface area contributed by atoms with Gasteiger partial charge in [0.2, 0.25) is 11.7 Å². The molecule has 162 valence electrons. The summed E-state index contributed by atoms with van der Waals surface area (Å²) in [5, 5.41) is 13.4. The van der Waals surface area contributed by atoms with Crippen molar-refractivity contribution in [2.45, 2.75) is 18.6 Å². The van der Waals surface area contributed by atoms with E-state index < -0.39 is 23.9 Å². The first-order chi connectivity index (χ1) is 15.6. The number of hydrogen-bond acceptors (Lipinski definition) is 10. The third-order valence-corrected chi connectivity index (χ3v) is 5.25. The Labute approximate surface area is 182 Å². The van der Waals surface area contributed by atoms with Gasteiger partial charge in [0.1, 0.15) is 18.0 Å². The van der Waals surface area contributed by atoms with E-state index in [0.717, 1.165) is 10.5 Å². The van der Waals surface area contributed by atoms with Crippen LogP contribution >= 0.6 is 0 Å². The van der Waals surface area contributed by atoms with E-state index in [4.69, 9.17) is 14.0 Å². The van der Waals surface area contributed by atoms with Crippen LogP contribution in [0.5, 0.6) is 11.5 Å². The van der Waals surface area contributed by atoms with Gasteiger partial charge in [0.25, 0.3) is 11.8 Å². The zero-order chi connectivity index (χ0) is 22.2. The Hall–Kier alpha value is -4.28. The number of ether oxygens (including phenoxy) is 2. The lowest BCUT2D eigenvalue weighted by atomic mass is 10.1. The van der Waals surface area contributed by atoms with Gasteiger partial charge in [0, 0.05) is 23.8 Å². The second kappa shape index (κ2) is 7.76. The lowest BCUT2D eigenvalue weighted by Gasteiger charge is -2.20. The second-order valence-corrected chi connectivity index (χ2v) is 7.15. The fraction of sp³-hybridized carbons (Fsp3) is 0.238. The lowest BCUT2D eigenvalue weighted by Crippen LogP contribution is -2.39. The smallest absolute Gasteiger partial charge is 0.263 e. The van der Waals surface area contributed by atoms with Crippen molar-refractivity contribution < 1.29 is 23.6 Å². The van der Waals surface area contributed by atoms with Crippen molar-refractivity contribution in [1.82, 2.24) is 15.1 Å². The molecule has 11 heteroatoms. The molecule has 0 radical (unpaired) electrons. The van der Waals surface area contributed by atoms with E-state index in [0.29, 0.717) is 23.0 Å². The number of carbonyl (C=O) groups is 2. The first-order valence-electron chi connectivity index (χ1n) is 9.75. The van der Waals surface area contributed by atoms with Gasteiger partial charge in [-0.1, -0.05) is 40.7 Å². The number of amides is 2. The molecule has 2 atom stereocenters. The van der Waals surface area contributed by atoms with E-state index in [-0.39, 0.29) is 12.4 Å². The molecule has 0 spiro atoms. The van der Waals surface area contributed by atoms with Crippen LogP contribution in [-0.2, 0) is 16.1 Å². The Kier molecular flexibility index (Phi) is 4.77. The number of benzene rings is 2. The quantitative estimate of drug-likeness (QED) is 0.541. The maximum atomic E-state index is 13.2. The highest BCUT2D eigenvalue weighted by Gasteiger charge is 2.55. The summed E-state index contributed by atoms with van der Waals surface area (Å²) in [6.07, 6.45) is 0. The van der Waals surface area contributed by atoms with Crippen LogP contribution < -0.4 is 14.4 Å². The molecule has 3 aromatic rings. The van der Waals surface area contributed by atoms with Crippen LogP contribution in [0.3, 0.4) is 0 Å². The number of imide groups is 1. The number of anilines is 1. The predicted octanol–water partition coefficient (Wildman–Crippen LogP) is 2.25. The van der Waals surface area contributed by atoms with E-state index in [1.165, 1.54) is 19.2 Å². The summed E-state index contributed by atoms with van der Waals surface area (Å²) in [7, 11) is 2.98. The Balaban J connectivity index is 1.39. The number of rotatable bonds is 6. The van der Waals surface area contributed by atoms with E-state index in [1.54, 1.807) is 18.2 Å². The maximum Gasteiger partial charge on any atom is 0.263 e. The van der Waals surface area contributed by atoms with Gasteiger partial charge < -0.3 is 14.0 Å². The molecular formula is C21H18N6O5. The molecule has 2 aliphatic heterocycles. The molecule has 11 nitrogen and oxygen atoms in total. The van der Waals surface area contributed by atoms with E-state index in [1.807, 2.05) is 30.3 Å². The molecule has 5 rings (SSSR count). The molecule has 0 saturated carbocycles. The van der Waals surface area contributed by atoms with Gasteiger partial charge in [-0.25, -0.2) is 4.90 Å². The number of nitrogens with zero attached hydrogens (tertiary/aromatic N) is 6. The summed E-state index contributed by atoms with van der Waals surface area (Å²) in [5.74, 6) is 0.655. The van der Waals surface area contributed by atoms with E-state index >= 15 is 0 Å². The third kappa shape index (κ3) is 3.23. The van der Waals surface area contributed by atoms with Crippen molar-refractivity contribution in [3.8, 4) is 22.9 Å². The largest absolute Gasteiger partial charge is 0.497 e. The number of methoxy groups -OCH3 is 2. The van der Waals surface area contributed by atoms with Gasteiger partial charge in [-0.15, -0.1) is 0 Å². The van der Waals surface area contributed by atoms with Gasteiger partial charge in [0.05, 0.1) is 19.9 Å². The fourth-order valence-corrected chi connectivity index (χ4v) is 3.69. The predicted molar refractivity (Wildman–Crippen MR) is 110 cm³/mol. The Morgan fingerprint density at radius 3 is 2.41 bits per heavy atom. The normalized spacial score (nSPS) is 19.6. The third-order valence-electron chi connectivity index (χ3n) is 5.25. The van der Waals surface area contributed by atoms with Gasteiger partial charge in [-0.05, 0) is 0 Å². The molecule has 1 saturated heterocycles. The summed E-state index contributed by atoms with van der Waals surface area (Å²) in [4.78, 5) is 31.6. The van der Waals surface area contributed by atoms with Crippen molar-refractivity contribution in [3.63, 3.8) is 0 Å². The molecule has 0 aliphatic carbocycles. The molecule has 2 amide bonds. The number of aromatic nitrogens is 2. The zero-order valence-corrected chi connectivity index (χ0v) is 17.2. The fourth-order valence-electron chi connectivity index (χ4n) is 3.69. The number of hydrogen-bond donors (Lipinski definition) is 0. The van der Waals surface area contributed by atoms with Crippen molar-refractivity contribution in [2.24, 2.45) is 10.3 Å². The van der Waals surface area contributed by atoms with Crippen LogP contribution in [0, 0.1) is 0 Å². The summed E-state index contributed by atoms with van der Waals surface area (Å²) in [6, 6.07) is 12.3. The number of carbonyl (C=O) groups excluding carboxylic acids is 2. The van der Waals surface area contributed by atoms with E-state index in [2.05, 4.69) is 20.5 Å². The molecule has 2 unspecified atom stereocenters. The lowest BCUT2D eigenvalue weighted by molar-refractivity contribution is -0.123. The number of fused-ring (bicyclic) bond motifs is 1. The first kappa shape index (κ1) is 19.7. The van der Waals surface area contributed by atoms with Crippen LogP contribution in [0.15, 0.2) is 63.4 Å². The topological polar surface area (TPSA) is 123 Å². The standard InChI is InChI=1S/C21H18N6O5/c1-30-14-8-13(9-15(10-14)31-2)27-20(28)17-18(21(27)29)26(25-23-17)11-16-22-19(24-32-16)12-6-4-3-5-7-12/h3-10,17-18H,11H2,1-2H3. The summed E-state index contributed by atoms with van der Waals surface area (Å²) in [6.45, 7) is 0.0405. The Morgan fingerprint density at radius 2 is 1.72 bits per heavy atom. The molecule has 1 fully saturated rings. The van der Waals surface area contributed by atoms with Crippen molar-refractivity contribution >= 4 is 17.5 Å². The minimum absolute atomic E-state index is 0.0405. The SMILES string of the molecule is COc1cc(OC)cc(N2C(=O)C3N=NN(Cc4nc(-c5ccccc5)no4)C3C2=O)c1. The van der Waals surface area contributed by atoms with Crippen LogP contribution in [0.1, 0.15) is 5.89 Å². The van der Waals surface area contributed by atoms with Gasteiger partial charge in [-0.3, -0.25) is 14.6 Å². The zero-order valence-electron chi connectivity index (χ0n) is 17.2. The maximum absolute atomic E-state index is 13.2. The molecule has 0 bridgehead atoms. The van der Waals surface area contributed by atoms with Gasteiger partial charge >= 0.3 is 0 Å². The van der Waals surface area contributed by atoms with Crippen LogP contribution in [0.25, 0.3) is 11.4 Å². The Morgan fingerprint density at radius 1 is 1.00 bits per heavy atom. The van der Waals surface area contributed by atoms with Crippen molar-refractivity contribution in [2.75, 3.05) is 19.1 Å². The average molecular weight is 434 g/mol. The summed E-state index contributed by atoms with van der Waals surface area (Å²) >= 11 is 0. The highest BCUT2D eigenvalue weighted by Crippen LogP contribution is 2.36. The van der Waals surface area contributed by atoms with Gasteiger partial charge in [0.15, 0.2) is 12.1 Å². The van der Waals surface area contributed by atoms with Gasteiger partial charge in [-0.2, -0.15) is 10.1 Å². The highest BCUT2D eigenvalue weighted by molar-refractivity contribution is 6.25.